The van der Waals surface area contributed by atoms with Crippen LogP contribution in [0.15, 0.2) is 51.0 Å². The van der Waals surface area contributed by atoms with E-state index in [9.17, 15) is 19.7 Å². The molecule has 1 fully saturated rings. The fourth-order valence-electron chi connectivity index (χ4n) is 4.30. The predicted octanol–water partition coefficient (Wildman–Crippen LogP) is 5.27. The molecule has 3 rings (SSSR count). The third-order valence-electron chi connectivity index (χ3n) is 5.73. The van der Waals surface area contributed by atoms with Crippen molar-refractivity contribution in [2.75, 3.05) is 6.54 Å². The molecule has 1 aromatic carbocycles. The molecule has 0 unspecified atom stereocenters. The fraction of sp³-hybridized carbons (Fsp3) is 0.478. The van der Waals surface area contributed by atoms with Crippen molar-refractivity contribution in [1.29, 1.82) is 0 Å². The van der Waals surface area contributed by atoms with Gasteiger partial charge in [0.05, 0.1) is 23.0 Å². The standard InChI is InChI=1S/C23H29N5O6SSi/c1-14(10-11-25-26-24)35-19-12-18-20(15(2)34-36(3,4)5)22(29)27(18)21(19)23(30)33-13-16-6-8-17(9-7-16)28(31)32/h6-10,15,18,20H,11-13H2,1-5H3/b14-10+/t15-,18+,20-/m0/s1. The van der Waals surface area contributed by atoms with Gasteiger partial charge in [-0.25, -0.2) is 4.79 Å². The summed E-state index contributed by atoms with van der Waals surface area (Å²) in [5.41, 5.74) is 9.26. The van der Waals surface area contributed by atoms with Crippen LogP contribution in [0.1, 0.15) is 25.8 Å². The van der Waals surface area contributed by atoms with Crippen LogP contribution in [-0.4, -0.2) is 48.7 Å². The molecule has 2 aliphatic rings. The van der Waals surface area contributed by atoms with Crippen molar-refractivity contribution in [2.24, 2.45) is 11.0 Å². The molecule has 2 heterocycles. The number of benzene rings is 1. The van der Waals surface area contributed by atoms with Gasteiger partial charge in [0, 0.05) is 34.9 Å². The lowest BCUT2D eigenvalue weighted by Gasteiger charge is -2.47. The van der Waals surface area contributed by atoms with E-state index in [4.69, 9.17) is 14.7 Å². The Labute approximate surface area is 214 Å². The molecule has 0 aromatic heterocycles. The number of rotatable bonds is 11. The van der Waals surface area contributed by atoms with E-state index in [1.807, 2.05) is 13.8 Å². The van der Waals surface area contributed by atoms with Crippen molar-refractivity contribution in [2.45, 2.75) is 58.7 Å². The molecular formula is C23H29N5O6SSi. The molecule has 1 saturated heterocycles. The number of ether oxygens (including phenoxy) is 1. The summed E-state index contributed by atoms with van der Waals surface area (Å²) in [6, 6.07) is 5.54. The SMILES string of the molecule is C/C(=C\CN=[N+]=[N-])SC1=C(C(=O)OCc2ccc([N+](=O)[O-])cc2)N2C(=O)[C@@H]([C@H](C)O[Si](C)(C)C)[C@H]2C1. The Morgan fingerprint density at radius 2 is 2.06 bits per heavy atom. The van der Waals surface area contributed by atoms with Gasteiger partial charge >= 0.3 is 5.97 Å². The lowest BCUT2D eigenvalue weighted by molar-refractivity contribution is -0.384. The number of fused-ring (bicyclic) bond motifs is 1. The number of azide groups is 1. The number of amides is 1. The van der Waals surface area contributed by atoms with Crippen LogP contribution in [0.3, 0.4) is 0 Å². The van der Waals surface area contributed by atoms with Gasteiger partial charge in [0.15, 0.2) is 8.32 Å². The lowest BCUT2D eigenvalue weighted by Crippen LogP contribution is -2.63. The fourth-order valence-corrected chi connectivity index (χ4v) is 6.64. The van der Waals surface area contributed by atoms with Gasteiger partial charge in [0.25, 0.3) is 5.69 Å². The largest absolute Gasteiger partial charge is 0.456 e. The normalized spacial score (nSPS) is 20.4. The molecule has 0 saturated carbocycles. The van der Waals surface area contributed by atoms with Crippen LogP contribution < -0.4 is 0 Å². The lowest BCUT2D eigenvalue weighted by atomic mass is 9.83. The van der Waals surface area contributed by atoms with Crippen molar-refractivity contribution in [3.63, 3.8) is 0 Å². The number of β-lactam (4-membered cyclic amide) rings is 1. The van der Waals surface area contributed by atoms with E-state index in [0.717, 1.165) is 4.91 Å². The summed E-state index contributed by atoms with van der Waals surface area (Å²) in [5.74, 6) is -1.15. The van der Waals surface area contributed by atoms with Crippen LogP contribution >= 0.6 is 11.8 Å². The summed E-state index contributed by atoms with van der Waals surface area (Å²) in [6.45, 7) is 10.0. The first-order valence-electron chi connectivity index (χ1n) is 11.4. The van der Waals surface area contributed by atoms with Gasteiger partial charge in [-0.15, -0.1) is 0 Å². The second-order valence-electron chi connectivity index (χ2n) is 9.54. The zero-order chi connectivity index (χ0) is 26.6. The number of thioether (sulfide) groups is 1. The predicted molar refractivity (Wildman–Crippen MR) is 138 cm³/mol. The van der Waals surface area contributed by atoms with Gasteiger partial charge in [-0.3, -0.25) is 14.9 Å². The van der Waals surface area contributed by atoms with Crippen molar-refractivity contribution in [3.8, 4) is 0 Å². The molecule has 0 bridgehead atoms. The zero-order valence-electron chi connectivity index (χ0n) is 20.8. The summed E-state index contributed by atoms with van der Waals surface area (Å²) in [7, 11) is -1.87. The van der Waals surface area contributed by atoms with Crippen LogP contribution in [-0.2, 0) is 25.4 Å². The molecule has 1 amide bonds. The second-order valence-corrected chi connectivity index (χ2v) is 15.3. The van der Waals surface area contributed by atoms with E-state index in [2.05, 4.69) is 29.7 Å². The highest BCUT2D eigenvalue weighted by Gasteiger charge is 2.57. The first kappa shape index (κ1) is 27.5. The molecular weight excluding hydrogens is 502 g/mol. The Morgan fingerprint density at radius 1 is 1.39 bits per heavy atom. The van der Waals surface area contributed by atoms with Crippen LogP contribution in [0.4, 0.5) is 5.69 Å². The van der Waals surface area contributed by atoms with Crippen molar-refractivity contribution in [3.05, 3.63) is 72.0 Å². The van der Waals surface area contributed by atoms with E-state index >= 15 is 0 Å². The zero-order valence-corrected chi connectivity index (χ0v) is 22.7. The quantitative estimate of drug-likeness (QED) is 0.0552. The van der Waals surface area contributed by atoms with Gasteiger partial charge in [0.2, 0.25) is 5.91 Å². The maximum absolute atomic E-state index is 13.2. The monoisotopic (exact) mass is 531 g/mol. The molecule has 1 aromatic rings. The molecule has 192 valence electrons. The highest BCUT2D eigenvalue weighted by atomic mass is 32.2. The topological polar surface area (TPSA) is 148 Å². The van der Waals surface area contributed by atoms with E-state index < -0.39 is 19.2 Å². The number of nitro benzene ring substituents is 1. The second kappa shape index (κ2) is 11.3. The number of carbonyl (C=O) groups excluding carboxylic acids is 2. The number of nitrogens with zero attached hydrogens (tertiary/aromatic N) is 5. The van der Waals surface area contributed by atoms with Gasteiger partial charge in [-0.2, -0.15) is 0 Å². The van der Waals surface area contributed by atoms with Gasteiger partial charge in [0.1, 0.15) is 12.3 Å². The Balaban J connectivity index is 1.80. The van der Waals surface area contributed by atoms with E-state index in [1.54, 1.807) is 6.08 Å². The molecule has 0 N–H and O–H groups in total. The van der Waals surface area contributed by atoms with Crippen LogP contribution in [0, 0.1) is 16.0 Å². The molecule has 3 atom stereocenters. The first-order valence-corrected chi connectivity index (χ1v) is 15.7. The van der Waals surface area contributed by atoms with Crippen LogP contribution in [0.5, 0.6) is 0 Å². The minimum atomic E-state index is -1.87. The minimum absolute atomic E-state index is 0.0556. The molecule has 0 aliphatic carbocycles. The van der Waals surface area contributed by atoms with Gasteiger partial charge < -0.3 is 14.1 Å². The summed E-state index contributed by atoms with van der Waals surface area (Å²) in [4.78, 5) is 42.5. The van der Waals surface area contributed by atoms with E-state index in [1.165, 1.54) is 40.9 Å². The van der Waals surface area contributed by atoms with E-state index in [0.29, 0.717) is 16.9 Å². The van der Waals surface area contributed by atoms with Crippen LogP contribution in [0.2, 0.25) is 19.6 Å². The average molecular weight is 532 g/mol. The maximum atomic E-state index is 13.2. The number of hydrogen-bond donors (Lipinski definition) is 0. The summed E-state index contributed by atoms with van der Waals surface area (Å²) in [6.07, 6.45) is 1.98. The number of carbonyl (C=O) groups is 2. The minimum Gasteiger partial charge on any atom is -0.456 e. The molecule has 0 radical (unpaired) electrons. The highest BCUT2D eigenvalue weighted by Crippen LogP contribution is 2.49. The Bertz CT molecular complexity index is 1160. The Morgan fingerprint density at radius 3 is 2.64 bits per heavy atom. The summed E-state index contributed by atoms with van der Waals surface area (Å²) in [5, 5.41) is 14.4. The van der Waals surface area contributed by atoms with Crippen molar-refractivity contribution >= 4 is 37.6 Å². The number of esters is 1. The van der Waals surface area contributed by atoms with Crippen molar-refractivity contribution < 1.29 is 23.7 Å². The number of hydrogen-bond acceptors (Lipinski definition) is 8. The highest BCUT2D eigenvalue weighted by molar-refractivity contribution is 8.06. The van der Waals surface area contributed by atoms with Gasteiger partial charge in [-0.1, -0.05) is 23.0 Å². The Kier molecular flexibility index (Phi) is 8.62. The maximum Gasteiger partial charge on any atom is 0.356 e. The molecule has 11 nitrogen and oxygen atoms in total. The number of non-ortho nitro benzene ring substituents is 1. The summed E-state index contributed by atoms with van der Waals surface area (Å²) >= 11 is 1.35. The van der Waals surface area contributed by atoms with Crippen LogP contribution in [0.25, 0.3) is 10.4 Å². The molecule has 13 heteroatoms. The van der Waals surface area contributed by atoms with Crippen molar-refractivity contribution in [1.82, 2.24) is 4.90 Å². The smallest absolute Gasteiger partial charge is 0.356 e. The molecule has 2 aliphatic heterocycles. The average Bonchev–Trinajstić information content (AvgIpc) is 3.10. The molecule has 0 spiro atoms. The Hall–Kier alpha value is -3.12. The first-order chi connectivity index (χ1) is 16.9. The summed E-state index contributed by atoms with van der Waals surface area (Å²) < 4.78 is 11.7. The van der Waals surface area contributed by atoms with E-state index in [-0.39, 0.29) is 48.5 Å². The third-order valence-corrected chi connectivity index (χ3v) is 7.91. The molecule has 36 heavy (non-hydrogen) atoms. The third kappa shape index (κ3) is 6.35. The number of nitro groups is 1. The van der Waals surface area contributed by atoms with Gasteiger partial charge in [-0.05, 0) is 61.6 Å². The number of allylic oxidation sites excluding steroid dienone is 1.